The molecule has 0 saturated heterocycles. The van der Waals surface area contributed by atoms with E-state index >= 15 is 0 Å². The standard InChI is InChI=1S/C14H18FNO/c15-10-4-5-13-11(8-10)12(16)9-14(17-13)6-2-1-3-7-14/h4-5,8,12H,1-3,6-7,9,16H2/t12-/m0/s1. The summed E-state index contributed by atoms with van der Waals surface area (Å²) in [6, 6.07) is 4.59. The fraction of sp³-hybridized carbons (Fsp3) is 0.571. The molecule has 1 aliphatic carbocycles. The quantitative estimate of drug-likeness (QED) is 0.748. The molecule has 3 heteroatoms. The van der Waals surface area contributed by atoms with Crippen LogP contribution < -0.4 is 10.5 Å². The Balaban J connectivity index is 1.94. The third-order valence-electron chi connectivity index (χ3n) is 4.05. The van der Waals surface area contributed by atoms with Gasteiger partial charge in [-0.05, 0) is 43.9 Å². The van der Waals surface area contributed by atoms with Crippen LogP contribution in [0.15, 0.2) is 18.2 Å². The number of rotatable bonds is 0. The molecule has 17 heavy (non-hydrogen) atoms. The summed E-state index contributed by atoms with van der Waals surface area (Å²) in [5.41, 5.74) is 6.91. The van der Waals surface area contributed by atoms with Crippen LogP contribution in [0.3, 0.4) is 0 Å². The Labute approximate surface area is 101 Å². The van der Waals surface area contributed by atoms with E-state index in [2.05, 4.69) is 0 Å². The number of hydrogen-bond acceptors (Lipinski definition) is 2. The van der Waals surface area contributed by atoms with Gasteiger partial charge in [-0.25, -0.2) is 4.39 Å². The minimum absolute atomic E-state index is 0.0809. The molecule has 1 spiro atoms. The van der Waals surface area contributed by atoms with Crippen molar-refractivity contribution in [1.82, 2.24) is 0 Å². The van der Waals surface area contributed by atoms with Gasteiger partial charge in [0.1, 0.15) is 17.2 Å². The monoisotopic (exact) mass is 235 g/mol. The highest BCUT2D eigenvalue weighted by Gasteiger charge is 2.40. The highest BCUT2D eigenvalue weighted by Crippen LogP contribution is 2.45. The van der Waals surface area contributed by atoms with Gasteiger partial charge in [-0.2, -0.15) is 0 Å². The molecular weight excluding hydrogens is 217 g/mol. The maximum Gasteiger partial charge on any atom is 0.125 e. The predicted molar refractivity (Wildman–Crippen MR) is 64.4 cm³/mol. The van der Waals surface area contributed by atoms with E-state index < -0.39 is 0 Å². The zero-order valence-electron chi connectivity index (χ0n) is 9.92. The molecule has 3 rings (SSSR count). The van der Waals surface area contributed by atoms with Crippen molar-refractivity contribution < 1.29 is 9.13 Å². The molecule has 0 aromatic heterocycles. The number of benzene rings is 1. The number of nitrogens with two attached hydrogens (primary N) is 1. The molecule has 1 aromatic carbocycles. The SMILES string of the molecule is N[C@H]1CC2(CCCCC2)Oc2ccc(F)cc21. The van der Waals surface area contributed by atoms with Gasteiger partial charge in [-0.15, -0.1) is 0 Å². The molecule has 1 aromatic rings. The lowest BCUT2D eigenvalue weighted by Crippen LogP contribution is -2.44. The van der Waals surface area contributed by atoms with Crippen LogP contribution in [0.25, 0.3) is 0 Å². The van der Waals surface area contributed by atoms with E-state index in [9.17, 15) is 4.39 Å². The Morgan fingerprint density at radius 1 is 1.24 bits per heavy atom. The molecule has 92 valence electrons. The van der Waals surface area contributed by atoms with Gasteiger partial charge in [-0.3, -0.25) is 0 Å². The predicted octanol–water partition coefficient (Wildman–Crippen LogP) is 3.31. The third-order valence-corrected chi connectivity index (χ3v) is 4.05. The summed E-state index contributed by atoms with van der Waals surface area (Å²) in [6.07, 6.45) is 6.70. The van der Waals surface area contributed by atoms with Crippen molar-refractivity contribution in [3.8, 4) is 5.75 Å². The van der Waals surface area contributed by atoms with Gasteiger partial charge in [0, 0.05) is 18.0 Å². The van der Waals surface area contributed by atoms with Gasteiger partial charge in [-0.1, -0.05) is 6.42 Å². The maximum absolute atomic E-state index is 13.2. The number of ether oxygens (including phenoxy) is 1. The van der Waals surface area contributed by atoms with Gasteiger partial charge in [0.25, 0.3) is 0 Å². The Hall–Kier alpha value is -1.09. The number of fused-ring (bicyclic) bond motifs is 1. The summed E-state index contributed by atoms with van der Waals surface area (Å²) in [5, 5.41) is 0. The van der Waals surface area contributed by atoms with Crippen LogP contribution in [0.2, 0.25) is 0 Å². The molecule has 1 heterocycles. The second-order valence-corrected chi connectivity index (χ2v) is 5.34. The van der Waals surface area contributed by atoms with E-state index in [1.165, 1.54) is 31.4 Å². The summed E-state index contributed by atoms with van der Waals surface area (Å²) in [7, 11) is 0. The smallest absolute Gasteiger partial charge is 0.125 e. The van der Waals surface area contributed by atoms with Crippen LogP contribution in [0.1, 0.15) is 50.1 Å². The van der Waals surface area contributed by atoms with Crippen LogP contribution in [0.5, 0.6) is 5.75 Å². The summed E-state index contributed by atoms with van der Waals surface area (Å²) < 4.78 is 19.3. The largest absolute Gasteiger partial charge is 0.487 e. The molecule has 1 atom stereocenters. The molecule has 0 amide bonds. The van der Waals surface area contributed by atoms with Crippen molar-refractivity contribution in [1.29, 1.82) is 0 Å². The molecular formula is C14H18FNO. The lowest BCUT2D eigenvalue weighted by atomic mass is 9.77. The van der Waals surface area contributed by atoms with E-state index in [1.807, 2.05) is 0 Å². The number of hydrogen-bond donors (Lipinski definition) is 1. The summed E-state index contributed by atoms with van der Waals surface area (Å²) >= 11 is 0. The van der Waals surface area contributed by atoms with E-state index in [4.69, 9.17) is 10.5 Å². The zero-order chi connectivity index (χ0) is 11.9. The Bertz CT molecular complexity index is 426. The maximum atomic E-state index is 13.2. The highest BCUT2D eigenvalue weighted by atomic mass is 19.1. The fourth-order valence-electron chi connectivity index (χ4n) is 3.19. The van der Waals surface area contributed by atoms with Gasteiger partial charge in [0.05, 0.1) is 0 Å². The summed E-state index contributed by atoms with van der Waals surface area (Å²) in [6.45, 7) is 0. The first-order valence-corrected chi connectivity index (χ1v) is 6.43. The summed E-state index contributed by atoms with van der Waals surface area (Å²) in [4.78, 5) is 0. The van der Waals surface area contributed by atoms with Crippen LogP contribution >= 0.6 is 0 Å². The van der Waals surface area contributed by atoms with Gasteiger partial charge in [0.2, 0.25) is 0 Å². The lowest BCUT2D eigenvalue weighted by molar-refractivity contribution is 0.00179. The van der Waals surface area contributed by atoms with Gasteiger partial charge < -0.3 is 10.5 Å². The first kappa shape index (κ1) is 11.0. The van der Waals surface area contributed by atoms with Gasteiger partial charge in [0.15, 0.2) is 0 Å². The topological polar surface area (TPSA) is 35.2 Å². The minimum atomic E-state index is -0.234. The molecule has 2 aliphatic rings. The molecule has 1 fully saturated rings. The minimum Gasteiger partial charge on any atom is -0.487 e. The molecule has 0 bridgehead atoms. The molecule has 0 unspecified atom stereocenters. The van der Waals surface area contributed by atoms with Crippen LogP contribution in [-0.4, -0.2) is 5.60 Å². The Kier molecular flexibility index (Phi) is 2.58. The Morgan fingerprint density at radius 3 is 2.76 bits per heavy atom. The van der Waals surface area contributed by atoms with Crippen LogP contribution in [0, 0.1) is 5.82 Å². The first-order chi connectivity index (χ1) is 8.19. The van der Waals surface area contributed by atoms with Gasteiger partial charge >= 0.3 is 0 Å². The zero-order valence-corrected chi connectivity index (χ0v) is 9.92. The van der Waals surface area contributed by atoms with Crippen LogP contribution in [-0.2, 0) is 0 Å². The van der Waals surface area contributed by atoms with Crippen molar-refractivity contribution in [2.75, 3.05) is 0 Å². The Morgan fingerprint density at radius 2 is 2.00 bits per heavy atom. The lowest BCUT2D eigenvalue weighted by Gasteiger charge is -2.43. The first-order valence-electron chi connectivity index (χ1n) is 6.43. The highest BCUT2D eigenvalue weighted by molar-refractivity contribution is 5.39. The van der Waals surface area contributed by atoms with Crippen LogP contribution in [0.4, 0.5) is 4.39 Å². The molecule has 2 N–H and O–H groups in total. The molecule has 1 saturated carbocycles. The van der Waals surface area contributed by atoms with E-state index in [0.717, 1.165) is 30.6 Å². The van der Waals surface area contributed by atoms with Crippen molar-refractivity contribution >= 4 is 0 Å². The van der Waals surface area contributed by atoms with E-state index in [0.29, 0.717) is 0 Å². The molecule has 2 nitrogen and oxygen atoms in total. The van der Waals surface area contributed by atoms with Crippen molar-refractivity contribution in [2.24, 2.45) is 5.73 Å². The second-order valence-electron chi connectivity index (χ2n) is 5.34. The second kappa shape index (κ2) is 3.98. The van der Waals surface area contributed by atoms with E-state index in [1.54, 1.807) is 6.07 Å². The van der Waals surface area contributed by atoms with Crippen molar-refractivity contribution in [3.63, 3.8) is 0 Å². The van der Waals surface area contributed by atoms with E-state index in [-0.39, 0.29) is 17.5 Å². The van der Waals surface area contributed by atoms with Crippen molar-refractivity contribution in [3.05, 3.63) is 29.6 Å². The third kappa shape index (κ3) is 1.93. The number of halogens is 1. The molecule has 1 aliphatic heterocycles. The van der Waals surface area contributed by atoms with Crippen molar-refractivity contribution in [2.45, 2.75) is 50.2 Å². The average Bonchev–Trinajstić information content (AvgIpc) is 2.31. The average molecular weight is 235 g/mol. The summed E-state index contributed by atoms with van der Waals surface area (Å²) in [5.74, 6) is 0.550. The fourth-order valence-corrected chi connectivity index (χ4v) is 3.19. The normalized spacial score (nSPS) is 26.4. The molecule has 0 radical (unpaired) electrons.